The van der Waals surface area contributed by atoms with E-state index in [1.807, 2.05) is 0 Å². The number of carbonyl (C=O) groups excluding carboxylic acids is 1. The molecule has 0 fully saturated rings. The molecule has 0 saturated carbocycles. The molecule has 51 heavy (non-hydrogen) atoms. The van der Waals surface area contributed by atoms with E-state index in [1.54, 1.807) is 0 Å². The lowest BCUT2D eigenvalue weighted by Crippen LogP contribution is -2.34. The first-order valence-corrected chi connectivity index (χ1v) is 22.2. The first-order chi connectivity index (χ1) is 24.7. The fourth-order valence-electron chi connectivity index (χ4n) is 5.77. The second kappa shape index (κ2) is 37.0. The summed E-state index contributed by atoms with van der Waals surface area (Å²) in [6.07, 6.45) is 37.0. The standard InChI is InChI=1S/C40H78NO9P/c1-3-5-7-9-11-13-14-15-16-17-18-19-20-21-22-23-25-27-29-31-33-47-34-37(35-48-51(45,46)49-36-38(41)40(43)44)50-39(42)32-30-28-26-24-12-10-8-6-4-2/h15-16,37-38H,3-14,17-36,41H2,1-2H3,(H,43,44)(H,45,46)/b16-15-. The molecule has 3 atom stereocenters. The van der Waals surface area contributed by atoms with Gasteiger partial charge in [-0.1, -0.05) is 161 Å². The fraction of sp³-hybridized carbons (Fsp3) is 0.900. The van der Waals surface area contributed by atoms with E-state index in [4.69, 9.17) is 29.4 Å². The molecule has 0 rings (SSSR count). The van der Waals surface area contributed by atoms with Gasteiger partial charge < -0.3 is 25.2 Å². The van der Waals surface area contributed by atoms with Crippen LogP contribution in [0.5, 0.6) is 0 Å². The summed E-state index contributed by atoms with van der Waals surface area (Å²) >= 11 is 0. The molecule has 4 N–H and O–H groups in total. The number of ether oxygens (including phenoxy) is 2. The van der Waals surface area contributed by atoms with Crippen LogP contribution in [-0.2, 0) is 32.7 Å². The molecule has 0 aromatic rings. The van der Waals surface area contributed by atoms with E-state index >= 15 is 0 Å². The molecule has 3 unspecified atom stereocenters. The Labute approximate surface area is 312 Å². The summed E-state index contributed by atoms with van der Waals surface area (Å²) in [6.45, 7) is 3.86. The Bertz CT molecular complexity index is 873. The van der Waals surface area contributed by atoms with E-state index in [0.29, 0.717) is 13.0 Å². The molecule has 302 valence electrons. The number of aliphatic carboxylic acids is 1. The lowest BCUT2D eigenvalue weighted by Gasteiger charge is -2.20. The highest BCUT2D eigenvalue weighted by molar-refractivity contribution is 7.47. The molecular formula is C40H78NO9P. The molecule has 0 radical (unpaired) electrons. The maximum atomic E-state index is 12.5. The predicted octanol–water partition coefficient (Wildman–Crippen LogP) is 11.0. The Balaban J connectivity index is 4.12. The van der Waals surface area contributed by atoms with Crippen LogP contribution in [0.1, 0.15) is 194 Å². The van der Waals surface area contributed by atoms with Gasteiger partial charge in [-0.3, -0.25) is 18.6 Å². The van der Waals surface area contributed by atoms with E-state index in [0.717, 1.165) is 38.5 Å². The highest BCUT2D eigenvalue weighted by atomic mass is 31.2. The summed E-state index contributed by atoms with van der Waals surface area (Å²) in [7, 11) is -4.60. The summed E-state index contributed by atoms with van der Waals surface area (Å²) < 4.78 is 33.2. The zero-order chi connectivity index (χ0) is 37.7. The number of nitrogens with two attached hydrogens (primary N) is 1. The van der Waals surface area contributed by atoms with Crippen molar-refractivity contribution in [2.45, 2.75) is 206 Å². The lowest BCUT2D eigenvalue weighted by molar-refractivity contribution is -0.154. The van der Waals surface area contributed by atoms with Crippen molar-refractivity contribution in [3.05, 3.63) is 12.2 Å². The number of rotatable bonds is 40. The zero-order valence-corrected chi connectivity index (χ0v) is 33.6. The van der Waals surface area contributed by atoms with Crippen LogP contribution in [0.2, 0.25) is 0 Å². The van der Waals surface area contributed by atoms with Crippen LogP contribution in [0.3, 0.4) is 0 Å². The van der Waals surface area contributed by atoms with Gasteiger partial charge in [0.25, 0.3) is 0 Å². The minimum atomic E-state index is -4.60. The van der Waals surface area contributed by atoms with Crippen molar-refractivity contribution < 1.29 is 42.7 Å². The van der Waals surface area contributed by atoms with E-state index in [9.17, 15) is 19.0 Å². The van der Waals surface area contributed by atoms with Gasteiger partial charge in [-0.2, -0.15) is 0 Å². The number of hydrogen-bond donors (Lipinski definition) is 3. The Morgan fingerprint density at radius 3 is 1.49 bits per heavy atom. The minimum Gasteiger partial charge on any atom is -0.480 e. The van der Waals surface area contributed by atoms with Crippen molar-refractivity contribution in [1.82, 2.24) is 0 Å². The topological polar surface area (TPSA) is 155 Å². The van der Waals surface area contributed by atoms with E-state index in [1.165, 1.54) is 128 Å². The highest BCUT2D eigenvalue weighted by Gasteiger charge is 2.27. The molecule has 0 spiro atoms. The summed E-state index contributed by atoms with van der Waals surface area (Å²) in [5, 5.41) is 8.86. The number of allylic oxidation sites excluding steroid dienone is 2. The fourth-order valence-corrected chi connectivity index (χ4v) is 6.55. The van der Waals surface area contributed by atoms with Crippen molar-refractivity contribution in [2.75, 3.05) is 26.4 Å². The second-order valence-electron chi connectivity index (χ2n) is 14.1. The van der Waals surface area contributed by atoms with Crippen molar-refractivity contribution in [3.8, 4) is 0 Å². The van der Waals surface area contributed by atoms with Crippen molar-refractivity contribution >= 4 is 19.8 Å². The molecule has 11 heteroatoms. The van der Waals surface area contributed by atoms with Gasteiger partial charge in [0.2, 0.25) is 0 Å². The first-order valence-electron chi connectivity index (χ1n) is 20.7. The quantitative estimate of drug-likeness (QED) is 0.0239. The maximum absolute atomic E-state index is 12.5. The third-order valence-electron chi connectivity index (χ3n) is 9.04. The lowest BCUT2D eigenvalue weighted by atomic mass is 10.1. The molecule has 0 saturated heterocycles. The largest absolute Gasteiger partial charge is 0.480 e. The molecule has 0 amide bonds. The number of phosphoric acid groups is 1. The van der Waals surface area contributed by atoms with E-state index in [2.05, 4.69) is 26.0 Å². The van der Waals surface area contributed by atoms with Gasteiger partial charge in [-0.25, -0.2) is 4.57 Å². The Kier molecular flexibility index (Phi) is 36.1. The van der Waals surface area contributed by atoms with Gasteiger partial charge >= 0.3 is 19.8 Å². The number of unbranched alkanes of at least 4 members (excludes halogenated alkanes) is 24. The predicted molar refractivity (Wildman–Crippen MR) is 208 cm³/mol. The summed E-state index contributed by atoms with van der Waals surface area (Å²) in [5.74, 6) is -1.78. The van der Waals surface area contributed by atoms with Crippen LogP contribution in [-0.4, -0.2) is 60.5 Å². The third kappa shape index (κ3) is 36.8. The Morgan fingerprint density at radius 2 is 1.02 bits per heavy atom. The monoisotopic (exact) mass is 748 g/mol. The van der Waals surface area contributed by atoms with Crippen LogP contribution in [0.15, 0.2) is 12.2 Å². The van der Waals surface area contributed by atoms with Crippen molar-refractivity contribution in [2.24, 2.45) is 5.73 Å². The van der Waals surface area contributed by atoms with Gasteiger partial charge in [-0.05, 0) is 38.5 Å². The number of carboxylic acids is 1. The van der Waals surface area contributed by atoms with Gasteiger partial charge in [0.15, 0.2) is 0 Å². The Hall–Kier alpha value is -1.29. The highest BCUT2D eigenvalue weighted by Crippen LogP contribution is 2.43. The number of esters is 1. The van der Waals surface area contributed by atoms with Crippen LogP contribution in [0.4, 0.5) is 0 Å². The molecule has 10 nitrogen and oxygen atoms in total. The van der Waals surface area contributed by atoms with Gasteiger partial charge in [0, 0.05) is 13.0 Å². The van der Waals surface area contributed by atoms with E-state index < -0.39 is 45.1 Å². The number of phosphoric ester groups is 1. The third-order valence-corrected chi connectivity index (χ3v) is 10.00. The summed E-state index contributed by atoms with van der Waals surface area (Å²) in [5.41, 5.74) is 5.34. The maximum Gasteiger partial charge on any atom is 0.472 e. The Morgan fingerprint density at radius 1 is 0.608 bits per heavy atom. The number of carboxylic acid groups (broad SMARTS) is 1. The zero-order valence-electron chi connectivity index (χ0n) is 32.7. The number of hydrogen-bond acceptors (Lipinski definition) is 8. The first kappa shape index (κ1) is 49.7. The molecule has 0 bridgehead atoms. The van der Waals surface area contributed by atoms with E-state index in [-0.39, 0.29) is 13.0 Å². The minimum absolute atomic E-state index is 0.0209. The second-order valence-corrected chi connectivity index (χ2v) is 15.6. The molecular weight excluding hydrogens is 669 g/mol. The normalized spacial score (nSPS) is 14.1. The average Bonchev–Trinajstić information content (AvgIpc) is 3.10. The molecule has 0 aliphatic carbocycles. The van der Waals surface area contributed by atoms with Crippen LogP contribution in [0, 0.1) is 0 Å². The molecule has 0 aliphatic heterocycles. The molecule has 0 aromatic carbocycles. The van der Waals surface area contributed by atoms with Gasteiger partial charge in [0.05, 0.1) is 19.8 Å². The van der Waals surface area contributed by atoms with Crippen molar-refractivity contribution in [1.29, 1.82) is 0 Å². The van der Waals surface area contributed by atoms with Crippen molar-refractivity contribution in [3.63, 3.8) is 0 Å². The molecule has 0 aliphatic rings. The summed E-state index contributed by atoms with van der Waals surface area (Å²) in [4.78, 5) is 33.3. The van der Waals surface area contributed by atoms with Crippen LogP contribution in [0.25, 0.3) is 0 Å². The average molecular weight is 748 g/mol. The van der Waals surface area contributed by atoms with Crippen LogP contribution >= 0.6 is 7.82 Å². The summed E-state index contributed by atoms with van der Waals surface area (Å²) in [6, 6.07) is -1.47. The number of carbonyl (C=O) groups is 2. The van der Waals surface area contributed by atoms with Crippen LogP contribution < -0.4 is 5.73 Å². The SMILES string of the molecule is CCCCCCCC/C=C\CCCCCCCCCCCCOCC(COP(=O)(O)OCC(N)C(=O)O)OC(=O)CCCCCCCCCCC. The smallest absolute Gasteiger partial charge is 0.472 e. The molecule has 0 heterocycles. The van der Waals surface area contributed by atoms with Gasteiger partial charge in [0.1, 0.15) is 12.1 Å². The van der Waals surface area contributed by atoms with Gasteiger partial charge in [-0.15, -0.1) is 0 Å². The molecule has 0 aromatic heterocycles.